The average molecular weight is 358 g/mol. The second-order valence-corrected chi connectivity index (χ2v) is 8.74. The van der Waals surface area contributed by atoms with Gasteiger partial charge >= 0.3 is 0 Å². The Morgan fingerprint density at radius 2 is 1.17 bits per heavy atom. The van der Waals surface area contributed by atoms with Crippen molar-refractivity contribution in [3.63, 3.8) is 0 Å². The van der Waals surface area contributed by atoms with E-state index in [1.807, 2.05) is 69.3 Å². The lowest BCUT2D eigenvalue weighted by Gasteiger charge is -2.12. The van der Waals surface area contributed by atoms with E-state index in [9.17, 15) is 8.42 Å². The van der Waals surface area contributed by atoms with Crippen LogP contribution in [0.5, 0.6) is 0 Å². The maximum Gasteiger partial charge on any atom is 0.128 e. The summed E-state index contributed by atoms with van der Waals surface area (Å²) in [6, 6.07) is 15.7. The second kappa shape index (κ2) is 6.72. The first-order chi connectivity index (χ1) is 11.7. The summed E-state index contributed by atoms with van der Waals surface area (Å²) in [6.45, 7) is 2.70. The van der Waals surface area contributed by atoms with Crippen molar-refractivity contribution in [3.8, 4) is 0 Å². The topological polar surface area (TPSA) is 40.6 Å². The molecule has 1 unspecified atom stereocenters. The Kier molecular flexibility index (Phi) is 4.45. The molecule has 0 saturated heterocycles. The largest absolute Gasteiger partial charge is 0.237 e. The standard InChI is InChI=1S/C18H18N2O2S2/c21-23-17-9-3-1-7-15(17)13-19(23)11-5-6-12-20-14-16-8-2-4-10-18(16)24(20)22/h1-10H,11-14H2/t23-,24?/m1/s1. The third kappa shape index (κ3) is 2.91. The second-order valence-electron chi connectivity index (χ2n) is 5.83. The molecule has 0 radical (unpaired) electrons. The van der Waals surface area contributed by atoms with Crippen molar-refractivity contribution in [2.24, 2.45) is 0 Å². The van der Waals surface area contributed by atoms with Gasteiger partial charge in [-0.15, -0.1) is 0 Å². The highest BCUT2D eigenvalue weighted by Crippen LogP contribution is 2.27. The molecular weight excluding hydrogens is 340 g/mol. The molecule has 2 aromatic carbocycles. The number of rotatable bonds is 4. The monoisotopic (exact) mass is 358 g/mol. The van der Waals surface area contributed by atoms with Gasteiger partial charge in [-0.1, -0.05) is 48.6 Å². The molecule has 0 aliphatic carbocycles. The highest BCUT2D eigenvalue weighted by Gasteiger charge is 2.26. The lowest BCUT2D eigenvalue weighted by molar-refractivity contribution is 0.489. The van der Waals surface area contributed by atoms with Gasteiger partial charge < -0.3 is 0 Å². The zero-order valence-electron chi connectivity index (χ0n) is 13.1. The van der Waals surface area contributed by atoms with Gasteiger partial charge in [-0.3, -0.25) is 0 Å². The van der Waals surface area contributed by atoms with E-state index in [4.69, 9.17) is 0 Å². The van der Waals surface area contributed by atoms with Crippen molar-refractivity contribution in [2.45, 2.75) is 22.9 Å². The predicted molar refractivity (Wildman–Crippen MR) is 95.7 cm³/mol. The van der Waals surface area contributed by atoms with Crippen LogP contribution in [-0.2, 0) is 35.1 Å². The van der Waals surface area contributed by atoms with Gasteiger partial charge in [0.2, 0.25) is 0 Å². The molecule has 0 aromatic heterocycles. The Morgan fingerprint density at radius 3 is 1.58 bits per heavy atom. The maximum atomic E-state index is 12.4. The Labute approximate surface area is 147 Å². The summed E-state index contributed by atoms with van der Waals surface area (Å²) in [5.74, 6) is 0. The fourth-order valence-corrected chi connectivity index (χ4v) is 5.65. The van der Waals surface area contributed by atoms with Crippen LogP contribution in [0.4, 0.5) is 0 Å². The lowest BCUT2D eigenvalue weighted by Crippen LogP contribution is -2.21. The van der Waals surface area contributed by atoms with Crippen LogP contribution in [0.3, 0.4) is 0 Å². The molecule has 2 heterocycles. The van der Waals surface area contributed by atoms with Gasteiger partial charge in [0.1, 0.15) is 22.0 Å². The maximum absolute atomic E-state index is 12.4. The van der Waals surface area contributed by atoms with Crippen molar-refractivity contribution >= 4 is 22.0 Å². The Morgan fingerprint density at radius 1 is 0.750 bits per heavy atom. The molecule has 0 N–H and O–H groups in total. The van der Waals surface area contributed by atoms with E-state index in [-0.39, 0.29) is 0 Å². The fourth-order valence-electron chi connectivity index (χ4n) is 3.03. The Bertz CT molecular complexity index is 781. The molecule has 4 nitrogen and oxygen atoms in total. The third-order valence-electron chi connectivity index (χ3n) is 4.27. The first-order valence-electron chi connectivity index (χ1n) is 7.88. The summed E-state index contributed by atoms with van der Waals surface area (Å²) >= 11 is 0. The number of hydrogen-bond donors (Lipinski definition) is 0. The van der Waals surface area contributed by atoms with Gasteiger partial charge in [0.05, 0.1) is 9.79 Å². The molecule has 124 valence electrons. The SMILES string of the molecule is O=S1c2ccccc2CN1CC=CCN1Cc2ccccc2[S@]1=O. The first-order valence-corrected chi connectivity index (χ1v) is 10.1. The lowest BCUT2D eigenvalue weighted by atomic mass is 10.2. The van der Waals surface area contributed by atoms with Crippen molar-refractivity contribution in [3.05, 3.63) is 71.8 Å². The molecule has 4 rings (SSSR count). The van der Waals surface area contributed by atoms with Gasteiger partial charge in [0.25, 0.3) is 0 Å². The van der Waals surface area contributed by atoms with Gasteiger partial charge in [-0.25, -0.2) is 17.0 Å². The molecule has 6 heteroatoms. The zero-order valence-corrected chi connectivity index (χ0v) is 14.8. The van der Waals surface area contributed by atoms with E-state index in [2.05, 4.69) is 0 Å². The van der Waals surface area contributed by atoms with Gasteiger partial charge in [0, 0.05) is 26.2 Å². The molecule has 2 aromatic rings. The highest BCUT2D eigenvalue weighted by atomic mass is 32.2. The number of hydrogen-bond acceptors (Lipinski definition) is 2. The molecular formula is C18H18N2O2S2. The molecule has 0 amide bonds. The van der Waals surface area contributed by atoms with E-state index < -0.39 is 22.0 Å². The van der Waals surface area contributed by atoms with Gasteiger partial charge in [-0.05, 0) is 23.3 Å². The van der Waals surface area contributed by atoms with Gasteiger partial charge in [0.15, 0.2) is 0 Å². The van der Waals surface area contributed by atoms with Crippen LogP contribution in [0.25, 0.3) is 0 Å². The molecule has 24 heavy (non-hydrogen) atoms. The van der Waals surface area contributed by atoms with Crippen molar-refractivity contribution < 1.29 is 8.42 Å². The number of fused-ring (bicyclic) bond motifs is 2. The molecule has 2 atom stereocenters. The summed E-state index contributed by atoms with van der Waals surface area (Å²) in [5.41, 5.74) is 2.28. The summed E-state index contributed by atoms with van der Waals surface area (Å²) in [5, 5.41) is 0. The van der Waals surface area contributed by atoms with E-state index in [0.29, 0.717) is 26.2 Å². The fraction of sp³-hybridized carbons (Fsp3) is 0.222. The van der Waals surface area contributed by atoms with Crippen LogP contribution in [0.2, 0.25) is 0 Å². The smallest absolute Gasteiger partial charge is 0.128 e. The molecule has 0 spiro atoms. The van der Waals surface area contributed by atoms with Crippen LogP contribution < -0.4 is 0 Å². The molecule has 0 fully saturated rings. The summed E-state index contributed by atoms with van der Waals surface area (Å²) in [4.78, 5) is 1.84. The minimum Gasteiger partial charge on any atom is -0.237 e. The quantitative estimate of drug-likeness (QED) is 0.789. The third-order valence-corrected chi connectivity index (χ3v) is 7.31. The first kappa shape index (κ1) is 15.9. The van der Waals surface area contributed by atoms with Crippen molar-refractivity contribution in [1.82, 2.24) is 8.61 Å². The van der Waals surface area contributed by atoms with Gasteiger partial charge in [-0.2, -0.15) is 0 Å². The van der Waals surface area contributed by atoms with Crippen LogP contribution in [0, 0.1) is 0 Å². The van der Waals surface area contributed by atoms with Crippen LogP contribution in [0.15, 0.2) is 70.5 Å². The van der Waals surface area contributed by atoms with Crippen LogP contribution in [0.1, 0.15) is 11.1 Å². The summed E-state index contributed by atoms with van der Waals surface area (Å²) < 4.78 is 28.7. The summed E-state index contributed by atoms with van der Waals surface area (Å²) in [6.07, 6.45) is 4.04. The molecule has 2 aliphatic heterocycles. The van der Waals surface area contributed by atoms with Crippen molar-refractivity contribution in [1.29, 1.82) is 0 Å². The Hall–Kier alpha value is -1.60. The minimum atomic E-state index is -1.07. The average Bonchev–Trinajstić information content (AvgIpc) is 3.10. The zero-order chi connectivity index (χ0) is 16.5. The van der Waals surface area contributed by atoms with Crippen molar-refractivity contribution in [2.75, 3.05) is 13.1 Å². The molecule has 0 saturated carbocycles. The molecule has 0 bridgehead atoms. The minimum absolute atomic E-state index is 0.634. The van der Waals surface area contributed by atoms with E-state index in [1.54, 1.807) is 0 Å². The van der Waals surface area contributed by atoms with E-state index >= 15 is 0 Å². The number of benzene rings is 2. The van der Waals surface area contributed by atoms with Crippen LogP contribution in [-0.4, -0.2) is 30.1 Å². The highest BCUT2D eigenvalue weighted by molar-refractivity contribution is 7.83. The van der Waals surface area contributed by atoms with Crippen LogP contribution >= 0.6 is 0 Å². The summed E-state index contributed by atoms with van der Waals surface area (Å²) in [7, 11) is -2.14. The normalized spacial score (nSPS) is 23.7. The predicted octanol–water partition coefficient (Wildman–Crippen LogP) is 2.62. The Balaban J connectivity index is 1.34. The van der Waals surface area contributed by atoms with E-state index in [1.165, 1.54) is 0 Å². The molecule has 2 aliphatic rings. The van der Waals surface area contributed by atoms with E-state index in [0.717, 1.165) is 20.9 Å². The number of nitrogens with zero attached hydrogens (tertiary/aromatic N) is 2.